The highest BCUT2D eigenvalue weighted by Gasteiger charge is 2.61. The van der Waals surface area contributed by atoms with Crippen LogP contribution in [0.15, 0.2) is 30.3 Å². The van der Waals surface area contributed by atoms with E-state index in [0.29, 0.717) is 24.1 Å². The highest BCUT2D eigenvalue weighted by atomic mass is 28.5. The van der Waals surface area contributed by atoms with Gasteiger partial charge in [0.2, 0.25) is 0 Å². The number of aliphatic hydroxyl groups excluding tert-OH is 1. The molecule has 3 rings (SSSR count). The van der Waals surface area contributed by atoms with Gasteiger partial charge in [-0.2, -0.15) is 0 Å². The van der Waals surface area contributed by atoms with E-state index in [4.69, 9.17) is 17.7 Å². The molecule has 7 heteroatoms. The predicted octanol–water partition coefficient (Wildman–Crippen LogP) is 5.31. The first-order valence-electron chi connectivity index (χ1n) is 11.9. The summed E-state index contributed by atoms with van der Waals surface area (Å²) < 4.78 is 27.3. The minimum atomic E-state index is -2.73. The van der Waals surface area contributed by atoms with E-state index in [9.17, 15) is 5.11 Å². The van der Waals surface area contributed by atoms with Crippen LogP contribution in [-0.4, -0.2) is 53.3 Å². The van der Waals surface area contributed by atoms with Gasteiger partial charge in [0.1, 0.15) is 18.3 Å². The average Bonchev–Trinajstić information content (AvgIpc) is 2.96. The van der Waals surface area contributed by atoms with Crippen LogP contribution in [0.4, 0.5) is 0 Å². The molecule has 31 heavy (non-hydrogen) atoms. The zero-order valence-corrected chi connectivity index (χ0v) is 22.5. The SMILES string of the molecule is CC(C)[Si]1(C(C)C)OC[C@H]2O[C@@H](Cc3ccccc3)[C@@H](O)C2O[Si](C(C)C)(C(C)C)O1. The third-order valence-electron chi connectivity index (χ3n) is 7.04. The summed E-state index contributed by atoms with van der Waals surface area (Å²) in [6.45, 7) is 18.1. The van der Waals surface area contributed by atoms with E-state index < -0.39 is 29.3 Å². The van der Waals surface area contributed by atoms with Crippen molar-refractivity contribution in [3.63, 3.8) is 0 Å². The molecule has 1 aromatic rings. The van der Waals surface area contributed by atoms with Gasteiger partial charge in [-0.25, -0.2) is 0 Å². The van der Waals surface area contributed by atoms with Crippen molar-refractivity contribution in [2.45, 2.75) is 108 Å². The fraction of sp³-hybridized carbons (Fsp3) is 0.750. The Kier molecular flexibility index (Phi) is 7.89. The molecule has 2 fully saturated rings. The standard InChI is InChI=1S/C24H42O5Si2/c1-16(2)30(17(3)4)26-15-22-24(28-31(29-30,18(5)6)19(7)8)23(25)21(27-22)14-20-12-10-9-11-13-20/h9-13,16-19,21-25H,14-15H2,1-8H3/t21-,22+,23+,24?/m0/s1. The van der Waals surface area contributed by atoms with Gasteiger partial charge < -0.3 is 22.8 Å². The van der Waals surface area contributed by atoms with Crippen molar-refractivity contribution in [1.82, 2.24) is 0 Å². The maximum atomic E-state index is 11.3. The fourth-order valence-corrected chi connectivity index (χ4v) is 16.5. The number of benzene rings is 1. The molecule has 0 spiro atoms. The van der Waals surface area contributed by atoms with Gasteiger partial charge >= 0.3 is 17.1 Å². The predicted molar refractivity (Wildman–Crippen MR) is 129 cm³/mol. The minimum absolute atomic E-state index is 0.236. The van der Waals surface area contributed by atoms with Crippen molar-refractivity contribution in [2.75, 3.05) is 6.61 Å². The zero-order valence-electron chi connectivity index (χ0n) is 20.5. The molecule has 0 saturated carbocycles. The van der Waals surface area contributed by atoms with Gasteiger partial charge in [-0.1, -0.05) is 85.7 Å². The van der Waals surface area contributed by atoms with Crippen LogP contribution in [0.1, 0.15) is 61.0 Å². The Morgan fingerprint density at radius 2 is 1.42 bits per heavy atom. The second-order valence-electron chi connectivity index (χ2n) is 10.5. The molecule has 1 aromatic carbocycles. The molecule has 1 N–H and O–H groups in total. The summed E-state index contributed by atoms with van der Waals surface area (Å²) in [4.78, 5) is 0. The monoisotopic (exact) mass is 466 g/mol. The van der Waals surface area contributed by atoms with Crippen LogP contribution in [0.3, 0.4) is 0 Å². The fourth-order valence-electron chi connectivity index (χ4n) is 5.25. The normalized spacial score (nSPS) is 30.6. The molecule has 1 unspecified atom stereocenters. The lowest BCUT2D eigenvalue weighted by Crippen LogP contribution is -2.65. The Morgan fingerprint density at radius 3 is 1.94 bits per heavy atom. The van der Waals surface area contributed by atoms with Crippen LogP contribution >= 0.6 is 0 Å². The van der Waals surface area contributed by atoms with Gasteiger partial charge in [0, 0.05) is 6.42 Å². The van der Waals surface area contributed by atoms with Crippen molar-refractivity contribution in [3.8, 4) is 0 Å². The number of fused-ring (bicyclic) bond motifs is 1. The summed E-state index contributed by atoms with van der Waals surface area (Å²) in [5, 5.41) is 11.3. The number of aliphatic hydroxyl groups is 1. The van der Waals surface area contributed by atoms with E-state index in [-0.39, 0.29) is 23.3 Å². The molecule has 0 radical (unpaired) electrons. The van der Waals surface area contributed by atoms with Gasteiger partial charge in [-0.15, -0.1) is 0 Å². The Balaban J connectivity index is 1.97. The first-order valence-corrected chi connectivity index (χ1v) is 15.9. The van der Waals surface area contributed by atoms with E-state index in [1.165, 1.54) is 0 Å². The molecular formula is C24H42O5Si2. The lowest BCUT2D eigenvalue weighted by atomic mass is 10.0. The van der Waals surface area contributed by atoms with Crippen LogP contribution < -0.4 is 0 Å². The maximum Gasteiger partial charge on any atom is 0.335 e. The van der Waals surface area contributed by atoms with E-state index in [0.717, 1.165) is 5.56 Å². The first-order chi connectivity index (χ1) is 14.5. The van der Waals surface area contributed by atoms with Crippen LogP contribution in [-0.2, 0) is 24.1 Å². The molecule has 2 aliphatic rings. The summed E-state index contributed by atoms with van der Waals surface area (Å²) in [6, 6.07) is 10.2. The molecule has 0 aromatic heterocycles. The second-order valence-corrected chi connectivity index (χ2v) is 19.3. The molecule has 2 heterocycles. The summed E-state index contributed by atoms with van der Waals surface area (Å²) in [5.74, 6) is 0. The largest absolute Gasteiger partial charge is 0.414 e. The highest BCUT2D eigenvalue weighted by molar-refractivity contribution is 6.83. The molecule has 5 nitrogen and oxygen atoms in total. The Bertz CT molecular complexity index is 693. The Hall–Kier alpha value is -0.546. The van der Waals surface area contributed by atoms with Crippen molar-refractivity contribution >= 4 is 17.1 Å². The van der Waals surface area contributed by atoms with Gasteiger partial charge in [0.15, 0.2) is 0 Å². The van der Waals surface area contributed by atoms with Crippen LogP contribution in [0.2, 0.25) is 22.2 Å². The lowest BCUT2D eigenvalue weighted by Gasteiger charge is -2.51. The molecule has 0 amide bonds. The summed E-state index contributed by atoms with van der Waals surface area (Å²) >= 11 is 0. The van der Waals surface area contributed by atoms with Crippen LogP contribution in [0, 0.1) is 0 Å². The molecular weight excluding hydrogens is 424 g/mol. The second kappa shape index (κ2) is 9.75. The summed E-state index contributed by atoms with van der Waals surface area (Å²) in [5.41, 5.74) is 2.22. The maximum absolute atomic E-state index is 11.3. The average molecular weight is 467 g/mol. The topological polar surface area (TPSA) is 57.2 Å². The van der Waals surface area contributed by atoms with E-state index in [1.807, 2.05) is 18.2 Å². The Labute approximate surface area is 190 Å². The van der Waals surface area contributed by atoms with Crippen molar-refractivity contribution in [2.24, 2.45) is 0 Å². The first kappa shape index (κ1) is 25.1. The van der Waals surface area contributed by atoms with Crippen molar-refractivity contribution < 1.29 is 22.8 Å². The molecule has 0 bridgehead atoms. The van der Waals surface area contributed by atoms with Crippen LogP contribution in [0.5, 0.6) is 0 Å². The van der Waals surface area contributed by atoms with Gasteiger partial charge in [0.25, 0.3) is 0 Å². The molecule has 0 aliphatic carbocycles. The van der Waals surface area contributed by atoms with Crippen LogP contribution in [0.25, 0.3) is 0 Å². The molecule has 2 aliphatic heterocycles. The van der Waals surface area contributed by atoms with E-state index in [1.54, 1.807) is 0 Å². The van der Waals surface area contributed by atoms with Gasteiger partial charge in [-0.05, 0) is 27.7 Å². The number of ether oxygens (including phenoxy) is 1. The highest BCUT2D eigenvalue weighted by Crippen LogP contribution is 2.47. The Morgan fingerprint density at radius 1 is 0.871 bits per heavy atom. The summed E-state index contributed by atoms with van der Waals surface area (Å²) in [6.07, 6.45) is -1.04. The molecule has 2 saturated heterocycles. The third kappa shape index (κ3) is 4.74. The number of rotatable bonds is 6. The van der Waals surface area contributed by atoms with Gasteiger partial charge in [-0.3, -0.25) is 0 Å². The zero-order chi connectivity index (χ0) is 23.0. The minimum Gasteiger partial charge on any atom is -0.414 e. The number of hydrogen-bond acceptors (Lipinski definition) is 5. The van der Waals surface area contributed by atoms with E-state index in [2.05, 4.69) is 67.5 Å². The summed E-state index contributed by atoms with van der Waals surface area (Å²) in [7, 11) is -5.32. The van der Waals surface area contributed by atoms with Crippen molar-refractivity contribution in [1.29, 1.82) is 0 Å². The lowest BCUT2D eigenvalue weighted by molar-refractivity contribution is -0.0384. The van der Waals surface area contributed by atoms with E-state index >= 15 is 0 Å². The number of hydrogen-bond donors (Lipinski definition) is 1. The smallest absolute Gasteiger partial charge is 0.335 e. The molecule has 4 atom stereocenters. The third-order valence-corrected chi connectivity index (χ3v) is 17.3. The van der Waals surface area contributed by atoms with Gasteiger partial charge in [0.05, 0.1) is 12.7 Å². The molecule has 176 valence electrons. The van der Waals surface area contributed by atoms with Crippen molar-refractivity contribution in [3.05, 3.63) is 35.9 Å². The quantitative estimate of drug-likeness (QED) is 0.576.